The summed E-state index contributed by atoms with van der Waals surface area (Å²) in [4.78, 5) is 14.4. The minimum absolute atomic E-state index is 0. The Balaban J connectivity index is 0.00000147. The average molecular weight is 364 g/mol. The second kappa shape index (κ2) is 6.08. The van der Waals surface area contributed by atoms with Crippen LogP contribution in [-0.2, 0) is 0 Å². The minimum Gasteiger partial charge on any atom is -0.444 e. The molecule has 2 aliphatic rings. The van der Waals surface area contributed by atoms with Crippen LogP contribution in [0.3, 0.4) is 0 Å². The normalized spacial score (nSPS) is 28.1. The van der Waals surface area contributed by atoms with Gasteiger partial charge in [-0.2, -0.15) is 0 Å². The van der Waals surface area contributed by atoms with Crippen LogP contribution < -0.4 is 5.32 Å². The number of halogens is 2. The fourth-order valence-corrected chi connectivity index (χ4v) is 3.83. The SMILES string of the molecule is Cc1cc(Br)oc1C(=O)N(C)C1CC2CCC(C1)N2.Cl. The molecule has 6 heteroatoms. The highest BCUT2D eigenvalue weighted by molar-refractivity contribution is 9.10. The third-order valence-corrected chi connectivity index (χ3v) is 4.79. The van der Waals surface area contributed by atoms with Crippen LogP contribution >= 0.6 is 28.3 Å². The molecule has 1 N–H and O–H groups in total. The molecule has 2 bridgehead atoms. The number of piperidine rings is 1. The van der Waals surface area contributed by atoms with Crippen molar-refractivity contribution in [3.05, 3.63) is 22.1 Å². The summed E-state index contributed by atoms with van der Waals surface area (Å²) in [5.41, 5.74) is 0.889. The number of fused-ring (bicyclic) bond motifs is 2. The lowest BCUT2D eigenvalue weighted by molar-refractivity contribution is 0.0647. The van der Waals surface area contributed by atoms with Gasteiger partial charge in [0.2, 0.25) is 0 Å². The summed E-state index contributed by atoms with van der Waals surface area (Å²) < 4.78 is 6.08. The van der Waals surface area contributed by atoms with Crippen LogP contribution in [0, 0.1) is 6.92 Å². The molecule has 2 saturated heterocycles. The van der Waals surface area contributed by atoms with Gasteiger partial charge in [-0.05, 0) is 54.6 Å². The first-order valence-corrected chi connectivity index (χ1v) is 7.63. The highest BCUT2D eigenvalue weighted by Gasteiger charge is 2.37. The first kappa shape index (κ1) is 15.9. The van der Waals surface area contributed by atoms with Crippen LogP contribution in [0.4, 0.5) is 0 Å². The van der Waals surface area contributed by atoms with E-state index in [2.05, 4.69) is 21.2 Å². The summed E-state index contributed by atoms with van der Waals surface area (Å²) in [5, 5.41) is 3.60. The van der Waals surface area contributed by atoms with Gasteiger partial charge < -0.3 is 14.6 Å². The number of furan rings is 1. The predicted octanol–water partition coefficient (Wildman–Crippen LogP) is 3.13. The largest absolute Gasteiger partial charge is 0.444 e. The van der Waals surface area contributed by atoms with E-state index in [4.69, 9.17) is 4.42 Å². The first-order valence-electron chi connectivity index (χ1n) is 6.83. The van der Waals surface area contributed by atoms with Crippen LogP contribution in [-0.4, -0.2) is 36.0 Å². The monoisotopic (exact) mass is 362 g/mol. The van der Waals surface area contributed by atoms with Gasteiger partial charge in [-0.15, -0.1) is 12.4 Å². The maximum absolute atomic E-state index is 12.5. The Morgan fingerprint density at radius 1 is 1.40 bits per heavy atom. The number of aryl methyl sites for hydroxylation is 1. The van der Waals surface area contributed by atoms with Gasteiger partial charge in [0.05, 0.1) is 0 Å². The molecule has 0 aliphatic carbocycles. The van der Waals surface area contributed by atoms with Crippen molar-refractivity contribution in [2.24, 2.45) is 0 Å². The van der Waals surface area contributed by atoms with E-state index in [1.54, 1.807) is 0 Å². The molecule has 20 heavy (non-hydrogen) atoms. The van der Waals surface area contributed by atoms with Crippen molar-refractivity contribution >= 4 is 34.2 Å². The molecule has 1 aromatic rings. The van der Waals surface area contributed by atoms with Gasteiger partial charge in [0.1, 0.15) is 0 Å². The van der Waals surface area contributed by atoms with Gasteiger partial charge in [-0.25, -0.2) is 0 Å². The molecule has 0 saturated carbocycles. The smallest absolute Gasteiger partial charge is 0.289 e. The fourth-order valence-electron chi connectivity index (χ4n) is 3.33. The number of rotatable bonds is 2. The van der Waals surface area contributed by atoms with E-state index in [0.29, 0.717) is 28.6 Å². The molecule has 112 valence electrons. The molecule has 0 spiro atoms. The second-order valence-electron chi connectivity index (χ2n) is 5.74. The second-order valence-corrected chi connectivity index (χ2v) is 6.52. The van der Waals surface area contributed by atoms with E-state index in [1.165, 1.54) is 12.8 Å². The molecule has 0 radical (unpaired) electrons. The Bertz CT molecular complexity index is 493. The highest BCUT2D eigenvalue weighted by atomic mass is 79.9. The zero-order chi connectivity index (χ0) is 13.6. The molecular weight excluding hydrogens is 344 g/mol. The van der Waals surface area contributed by atoms with Crippen LogP contribution in [0.25, 0.3) is 0 Å². The molecule has 1 amide bonds. The van der Waals surface area contributed by atoms with E-state index < -0.39 is 0 Å². The van der Waals surface area contributed by atoms with Gasteiger partial charge in [-0.3, -0.25) is 4.79 Å². The molecule has 2 fully saturated rings. The Kier molecular flexibility index (Phi) is 4.82. The number of carbonyl (C=O) groups is 1. The third kappa shape index (κ3) is 2.90. The zero-order valence-corrected chi connectivity index (χ0v) is 14.1. The van der Waals surface area contributed by atoms with Gasteiger partial charge in [-0.1, -0.05) is 0 Å². The molecule has 2 unspecified atom stereocenters. The van der Waals surface area contributed by atoms with E-state index >= 15 is 0 Å². The standard InChI is InChI=1S/C14H19BrN2O2.ClH/c1-8-5-12(15)19-13(8)14(18)17(2)11-6-9-3-4-10(7-11)16-9;/h5,9-11,16H,3-4,6-7H2,1-2H3;1H. The topological polar surface area (TPSA) is 45.5 Å². The Hall–Kier alpha value is -0.520. The van der Waals surface area contributed by atoms with E-state index in [9.17, 15) is 4.79 Å². The Morgan fingerprint density at radius 2 is 2.00 bits per heavy atom. The molecule has 2 atom stereocenters. The predicted molar refractivity (Wildman–Crippen MR) is 83.5 cm³/mol. The molecular formula is C14H20BrClN2O2. The van der Waals surface area contributed by atoms with Crippen molar-refractivity contribution in [1.82, 2.24) is 10.2 Å². The van der Waals surface area contributed by atoms with Crippen molar-refractivity contribution in [1.29, 1.82) is 0 Å². The van der Waals surface area contributed by atoms with E-state index in [0.717, 1.165) is 18.4 Å². The van der Waals surface area contributed by atoms with Gasteiger partial charge in [0.15, 0.2) is 10.4 Å². The number of amides is 1. The number of nitrogens with zero attached hydrogens (tertiary/aromatic N) is 1. The maximum atomic E-state index is 12.5. The van der Waals surface area contributed by atoms with E-state index in [1.807, 2.05) is 24.9 Å². The van der Waals surface area contributed by atoms with Crippen molar-refractivity contribution in [3.8, 4) is 0 Å². The Morgan fingerprint density at radius 3 is 2.50 bits per heavy atom. The molecule has 2 aliphatic heterocycles. The number of carbonyl (C=O) groups excluding carboxylic acids is 1. The van der Waals surface area contributed by atoms with Crippen LogP contribution in [0.2, 0.25) is 0 Å². The number of hydrogen-bond donors (Lipinski definition) is 1. The van der Waals surface area contributed by atoms with Crippen molar-refractivity contribution in [3.63, 3.8) is 0 Å². The van der Waals surface area contributed by atoms with Gasteiger partial charge >= 0.3 is 0 Å². The highest BCUT2D eigenvalue weighted by Crippen LogP contribution is 2.30. The molecule has 3 heterocycles. The lowest BCUT2D eigenvalue weighted by Gasteiger charge is -2.35. The fraction of sp³-hybridized carbons (Fsp3) is 0.643. The Labute approximate surface area is 133 Å². The molecule has 0 aromatic carbocycles. The minimum atomic E-state index is -0.00509. The molecule has 1 aromatic heterocycles. The van der Waals surface area contributed by atoms with E-state index in [-0.39, 0.29) is 18.3 Å². The number of nitrogens with one attached hydrogen (secondary N) is 1. The van der Waals surface area contributed by atoms with Crippen LogP contribution in [0.15, 0.2) is 15.2 Å². The summed E-state index contributed by atoms with van der Waals surface area (Å²) in [5.74, 6) is 0.453. The lowest BCUT2D eigenvalue weighted by atomic mass is 9.98. The molecule has 4 nitrogen and oxygen atoms in total. The van der Waals surface area contributed by atoms with Crippen molar-refractivity contribution in [2.75, 3.05) is 7.05 Å². The maximum Gasteiger partial charge on any atom is 0.289 e. The van der Waals surface area contributed by atoms with Crippen molar-refractivity contribution < 1.29 is 9.21 Å². The zero-order valence-electron chi connectivity index (χ0n) is 11.7. The summed E-state index contributed by atoms with van der Waals surface area (Å²) in [7, 11) is 1.90. The van der Waals surface area contributed by atoms with Crippen LogP contribution in [0.5, 0.6) is 0 Å². The third-order valence-electron chi connectivity index (χ3n) is 4.40. The van der Waals surface area contributed by atoms with Gasteiger partial charge in [0.25, 0.3) is 5.91 Å². The lowest BCUT2D eigenvalue weighted by Crippen LogP contribution is -2.48. The average Bonchev–Trinajstić information content (AvgIpc) is 2.89. The first-order chi connectivity index (χ1) is 9.04. The van der Waals surface area contributed by atoms with Crippen LogP contribution in [0.1, 0.15) is 41.8 Å². The summed E-state index contributed by atoms with van der Waals surface area (Å²) in [6.07, 6.45) is 4.60. The van der Waals surface area contributed by atoms with Gasteiger partial charge in [0, 0.05) is 30.7 Å². The summed E-state index contributed by atoms with van der Waals surface area (Å²) in [6.45, 7) is 1.90. The quantitative estimate of drug-likeness (QED) is 0.878. The summed E-state index contributed by atoms with van der Waals surface area (Å²) >= 11 is 3.28. The summed E-state index contributed by atoms with van der Waals surface area (Å²) in [6, 6.07) is 3.34. The molecule has 3 rings (SSSR count). The number of hydrogen-bond acceptors (Lipinski definition) is 3. The van der Waals surface area contributed by atoms with Crippen molar-refractivity contribution in [2.45, 2.75) is 50.7 Å².